The van der Waals surface area contributed by atoms with Gasteiger partial charge >= 0.3 is 0 Å². The number of hydrogen-bond donors (Lipinski definition) is 0. The van der Waals surface area contributed by atoms with E-state index >= 15 is 0 Å². The van der Waals surface area contributed by atoms with Gasteiger partial charge in [-0.05, 0) is 62.2 Å². The van der Waals surface area contributed by atoms with Crippen LogP contribution < -0.4 is 9.54 Å². The predicted molar refractivity (Wildman–Crippen MR) is 140 cm³/mol. The van der Waals surface area contributed by atoms with E-state index < -0.39 is 0 Å². The quantitative estimate of drug-likeness (QED) is 0.292. The molecule has 0 bridgehead atoms. The minimum absolute atomic E-state index is 0.816. The van der Waals surface area contributed by atoms with E-state index in [-0.39, 0.29) is 0 Å². The number of hydrogen-bond acceptors (Lipinski definition) is 4. The third-order valence-corrected chi connectivity index (χ3v) is 6.25. The van der Waals surface area contributed by atoms with Crippen LogP contribution in [-0.4, -0.2) is 18.0 Å². The summed E-state index contributed by atoms with van der Waals surface area (Å²) >= 11 is 1.58. The Hall–Kier alpha value is -3.70. The first-order valence-electron chi connectivity index (χ1n) is 10.8. The number of aromatic nitrogens is 1. The molecule has 3 aromatic carbocycles. The fourth-order valence-corrected chi connectivity index (χ4v) is 4.23. The van der Waals surface area contributed by atoms with E-state index in [1.165, 1.54) is 16.7 Å². The minimum Gasteiger partial charge on any atom is -0.496 e. The highest BCUT2D eigenvalue weighted by molar-refractivity contribution is 7.07. The van der Waals surface area contributed by atoms with E-state index in [9.17, 15) is 0 Å². The van der Waals surface area contributed by atoms with Crippen molar-refractivity contribution in [2.45, 2.75) is 20.8 Å². The van der Waals surface area contributed by atoms with E-state index in [4.69, 9.17) is 14.8 Å². The molecule has 0 atom stereocenters. The zero-order valence-corrected chi connectivity index (χ0v) is 20.1. The number of ether oxygens (including phenoxy) is 1. The molecule has 1 aromatic heterocycles. The third kappa shape index (κ3) is 5.38. The lowest BCUT2D eigenvalue weighted by molar-refractivity contribution is 0.414. The molecule has 4 aromatic rings. The van der Waals surface area contributed by atoms with Crippen LogP contribution in [0.25, 0.3) is 17.3 Å². The second kappa shape index (κ2) is 10.3. The molecule has 0 saturated heterocycles. The molecular weight excluding hydrogens is 426 g/mol. The molecule has 166 valence electrons. The maximum atomic E-state index is 5.42. The van der Waals surface area contributed by atoms with Gasteiger partial charge in [-0.3, -0.25) is 0 Å². The van der Waals surface area contributed by atoms with Crippen molar-refractivity contribution in [3.8, 4) is 17.0 Å². The van der Waals surface area contributed by atoms with Gasteiger partial charge in [0.1, 0.15) is 5.75 Å². The molecular formula is C28H27N3OS. The average Bonchev–Trinajstić information content (AvgIpc) is 3.22. The van der Waals surface area contributed by atoms with Crippen molar-refractivity contribution in [3.63, 3.8) is 0 Å². The Morgan fingerprint density at radius 2 is 1.70 bits per heavy atom. The Balaban J connectivity index is 1.75. The highest BCUT2D eigenvalue weighted by Crippen LogP contribution is 2.22. The first-order chi connectivity index (χ1) is 16.0. The van der Waals surface area contributed by atoms with Crippen LogP contribution in [0.2, 0.25) is 0 Å². The molecule has 4 rings (SSSR count). The average molecular weight is 454 g/mol. The maximum Gasteiger partial charge on any atom is 0.211 e. The second-order valence-electron chi connectivity index (χ2n) is 7.83. The smallest absolute Gasteiger partial charge is 0.211 e. The number of rotatable bonds is 6. The summed E-state index contributed by atoms with van der Waals surface area (Å²) in [7, 11) is 1.68. The van der Waals surface area contributed by atoms with Crippen molar-refractivity contribution in [3.05, 3.63) is 105 Å². The van der Waals surface area contributed by atoms with Crippen LogP contribution in [0.1, 0.15) is 22.3 Å². The summed E-state index contributed by atoms with van der Waals surface area (Å²) in [5.74, 6) is 0.830. The van der Waals surface area contributed by atoms with Crippen LogP contribution in [0.3, 0.4) is 0 Å². The number of aryl methyl sites for hydroxylation is 3. The van der Waals surface area contributed by atoms with E-state index in [2.05, 4.69) is 62.5 Å². The van der Waals surface area contributed by atoms with E-state index in [1.54, 1.807) is 24.7 Å². The topological polar surface area (TPSA) is 38.9 Å². The summed E-state index contributed by atoms with van der Waals surface area (Å²) in [5.41, 5.74) is 7.73. The van der Waals surface area contributed by atoms with Crippen molar-refractivity contribution in [2.24, 2.45) is 10.1 Å². The van der Waals surface area contributed by atoms with Crippen molar-refractivity contribution in [2.75, 3.05) is 7.11 Å². The normalized spacial score (nSPS) is 12.2. The van der Waals surface area contributed by atoms with E-state index in [0.717, 1.165) is 33.1 Å². The molecule has 33 heavy (non-hydrogen) atoms. The fraction of sp³-hybridized carbons (Fsp3) is 0.143. The Morgan fingerprint density at radius 1 is 0.909 bits per heavy atom. The summed E-state index contributed by atoms with van der Waals surface area (Å²) in [6.45, 7) is 6.31. The highest BCUT2D eigenvalue weighted by Gasteiger charge is 2.08. The summed E-state index contributed by atoms with van der Waals surface area (Å²) in [5, 5.41) is 6.86. The first-order valence-corrected chi connectivity index (χ1v) is 11.7. The maximum absolute atomic E-state index is 5.42. The largest absolute Gasteiger partial charge is 0.496 e. The zero-order chi connectivity index (χ0) is 23.2. The molecule has 0 spiro atoms. The SMILES string of the molecule is COc1ccccc1/C=C/C=N/n1c(-c2ccc(C)cc2)csc1=Nc1ccc(C)c(C)c1. The van der Waals surface area contributed by atoms with Crippen LogP contribution in [0.5, 0.6) is 5.75 Å². The molecule has 0 aliphatic heterocycles. The Kier molecular flexibility index (Phi) is 7.01. The van der Waals surface area contributed by atoms with Gasteiger partial charge < -0.3 is 4.74 Å². The van der Waals surface area contributed by atoms with Gasteiger partial charge in [0.05, 0.1) is 18.5 Å². The summed E-state index contributed by atoms with van der Waals surface area (Å²) in [6, 6.07) is 22.6. The third-order valence-electron chi connectivity index (χ3n) is 5.43. The molecule has 0 fully saturated rings. The predicted octanol–water partition coefficient (Wildman–Crippen LogP) is 6.93. The Bertz CT molecular complexity index is 1380. The van der Waals surface area contributed by atoms with E-state index in [0.29, 0.717) is 0 Å². The molecule has 0 aliphatic carbocycles. The van der Waals surface area contributed by atoms with Gasteiger partial charge in [0.2, 0.25) is 4.80 Å². The van der Waals surface area contributed by atoms with Gasteiger partial charge in [-0.1, -0.05) is 54.1 Å². The minimum atomic E-state index is 0.816. The van der Waals surface area contributed by atoms with Gasteiger partial charge in [0.15, 0.2) is 0 Å². The van der Waals surface area contributed by atoms with Crippen molar-refractivity contribution in [1.82, 2.24) is 4.68 Å². The second-order valence-corrected chi connectivity index (χ2v) is 8.66. The lowest BCUT2D eigenvalue weighted by Crippen LogP contribution is -2.11. The highest BCUT2D eigenvalue weighted by atomic mass is 32.1. The number of para-hydroxylation sites is 1. The number of thiazole rings is 1. The molecule has 4 nitrogen and oxygen atoms in total. The van der Waals surface area contributed by atoms with Crippen LogP contribution in [0, 0.1) is 20.8 Å². The van der Waals surface area contributed by atoms with Crippen molar-refractivity contribution < 1.29 is 4.74 Å². The monoisotopic (exact) mass is 453 g/mol. The summed E-state index contributed by atoms with van der Waals surface area (Å²) in [6.07, 6.45) is 5.69. The Morgan fingerprint density at radius 3 is 2.45 bits per heavy atom. The standard InChI is InChI=1S/C28H27N3OS/c1-20-11-14-23(15-12-20)26-19-33-28(30-25-16-13-21(2)22(3)18-25)31(26)29-17-7-9-24-8-5-6-10-27(24)32-4/h5-19H,1-4H3/b9-7+,29-17+,30-28?. The Labute approximate surface area is 198 Å². The molecule has 0 N–H and O–H groups in total. The van der Waals surface area contributed by atoms with Gasteiger partial charge in [-0.2, -0.15) is 5.10 Å². The van der Waals surface area contributed by atoms with Crippen molar-refractivity contribution >= 4 is 29.3 Å². The molecule has 1 heterocycles. The lowest BCUT2D eigenvalue weighted by atomic mass is 10.1. The van der Waals surface area contributed by atoms with Crippen LogP contribution >= 0.6 is 11.3 Å². The number of methoxy groups -OCH3 is 1. The van der Waals surface area contributed by atoms with Crippen molar-refractivity contribution in [1.29, 1.82) is 0 Å². The zero-order valence-electron chi connectivity index (χ0n) is 19.3. The molecule has 0 amide bonds. The lowest BCUT2D eigenvalue weighted by Gasteiger charge is -2.04. The van der Waals surface area contributed by atoms with Crippen LogP contribution in [0.15, 0.2) is 88.3 Å². The van der Waals surface area contributed by atoms with Gasteiger partial charge in [-0.15, -0.1) is 11.3 Å². The summed E-state index contributed by atoms with van der Waals surface area (Å²) in [4.78, 5) is 5.71. The van der Waals surface area contributed by atoms with Gasteiger partial charge in [0.25, 0.3) is 0 Å². The molecule has 0 radical (unpaired) electrons. The van der Waals surface area contributed by atoms with Gasteiger partial charge in [-0.25, -0.2) is 9.67 Å². The van der Waals surface area contributed by atoms with Crippen LogP contribution in [-0.2, 0) is 0 Å². The summed E-state index contributed by atoms with van der Waals surface area (Å²) < 4.78 is 7.32. The number of benzene rings is 3. The molecule has 0 unspecified atom stereocenters. The van der Waals surface area contributed by atoms with Crippen LogP contribution in [0.4, 0.5) is 5.69 Å². The van der Waals surface area contributed by atoms with E-state index in [1.807, 2.05) is 47.2 Å². The first kappa shape index (κ1) is 22.5. The molecule has 0 aliphatic rings. The fourth-order valence-electron chi connectivity index (χ4n) is 3.37. The van der Waals surface area contributed by atoms with Gasteiger partial charge in [0, 0.05) is 22.7 Å². The molecule has 0 saturated carbocycles. The number of allylic oxidation sites excluding steroid dienone is 1. The molecule has 5 heteroatoms. The number of nitrogens with zero attached hydrogens (tertiary/aromatic N) is 3.